The Balaban J connectivity index is 1.59. The van der Waals surface area contributed by atoms with Crippen molar-refractivity contribution in [2.45, 2.75) is 38.0 Å². The molecule has 26 heavy (non-hydrogen) atoms. The van der Waals surface area contributed by atoms with Crippen LogP contribution in [0.1, 0.15) is 42.0 Å². The van der Waals surface area contributed by atoms with E-state index in [1.807, 2.05) is 36.6 Å². The summed E-state index contributed by atoms with van der Waals surface area (Å²) in [6, 6.07) is 7.51. The second-order valence-electron chi connectivity index (χ2n) is 6.45. The fraction of sp³-hybridized carbons (Fsp3) is 0.333. The maximum atomic E-state index is 12.7. The molecule has 1 amide bonds. The second-order valence-corrected chi connectivity index (χ2v) is 7.36. The minimum atomic E-state index is -0.316. The molecule has 0 bridgehead atoms. The fourth-order valence-corrected chi connectivity index (χ4v) is 3.76. The molecule has 0 spiro atoms. The summed E-state index contributed by atoms with van der Waals surface area (Å²) in [6.45, 7) is 1.97. The number of aliphatic hydroxyl groups is 1. The van der Waals surface area contributed by atoms with Gasteiger partial charge in [0.1, 0.15) is 0 Å². The topological polar surface area (TPSA) is 100 Å². The highest BCUT2D eigenvalue weighted by Crippen LogP contribution is 2.26. The zero-order chi connectivity index (χ0) is 18.1. The standard InChI is InChI=1S/C18H19N5O2S/c1-10(13-4-2-3-6-19-13)20-18-22-14-5-7-26-16(14)15(23-18)17(25)21-11-8-12(24)9-11/h2-7,10-12,24H,8-9H2,1H3,(H,21,25)(H,20,22,23)/t10-,11-,12-/m0/s1. The van der Waals surface area contributed by atoms with Gasteiger partial charge in [-0.3, -0.25) is 9.78 Å². The molecule has 0 radical (unpaired) electrons. The van der Waals surface area contributed by atoms with Crippen LogP contribution in [-0.4, -0.2) is 38.1 Å². The average Bonchev–Trinajstić information content (AvgIpc) is 3.08. The molecular weight excluding hydrogens is 350 g/mol. The Hall–Kier alpha value is -2.58. The number of hydrogen-bond acceptors (Lipinski definition) is 7. The second kappa shape index (κ2) is 6.97. The van der Waals surface area contributed by atoms with Crippen molar-refractivity contribution in [1.82, 2.24) is 20.3 Å². The molecule has 1 fully saturated rings. The zero-order valence-electron chi connectivity index (χ0n) is 14.2. The highest BCUT2D eigenvalue weighted by atomic mass is 32.1. The van der Waals surface area contributed by atoms with Crippen LogP contribution in [0.15, 0.2) is 35.8 Å². The molecule has 3 aromatic rings. The molecule has 8 heteroatoms. The summed E-state index contributed by atoms with van der Waals surface area (Å²) in [5.74, 6) is 0.165. The minimum Gasteiger partial charge on any atom is -0.393 e. The highest BCUT2D eigenvalue weighted by Gasteiger charge is 2.29. The van der Waals surface area contributed by atoms with Crippen molar-refractivity contribution >= 4 is 33.4 Å². The summed E-state index contributed by atoms with van der Waals surface area (Å²) in [4.78, 5) is 26.0. The lowest BCUT2D eigenvalue weighted by molar-refractivity contribution is 0.0561. The first kappa shape index (κ1) is 16.9. The molecular formula is C18H19N5O2S. The van der Waals surface area contributed by atoms with E-state index in [2.05, 4.69) is 25.6 Å². The molecule has 0 unspecified atom stereocenters. The van der Waals surface area contributed by atoms with Gasteiger partial charge in [0, 0.05) is 12.2 Å². The Bertz CT molecular complexity index is 924. The summed E-state index contributed by atoms with van der Waals surface area (Å²) in [5.41, 5.74) is 1.97. The summed E-state index contributed by atoms with van der Waals surface area (Å²) in [7, 11) is 0. The summed E-state index contributed by atoms with van der Waals surface area (Å²) in [5, 5.41) is 17.5. The van der Waals surface area contributed by atoms with Gasteiger partial charge in [-0.2, -0.15) is 0 Å². The van der Waals surface area contributed by atoms with Crippen LogP contribution < -0.4 is 10.6 Å². The fourth-order valence-electron chi connectivity index (χ4n) is 2.94. The Morgan fingerprint density at radius 3 is 2.88 bits per heavy atom. The maximum absolute atomic E-state index is 12.7. The molecule has 4 rings (SSSR count). The van der Waals surface area contributed by atoms with Crippen molar-refractivity contribution in [3.63, 3.8) is 0 Å². The van der Waals surface area contributed by atoms with Gasteiger partial charge in [-0.05, 0) is 43.3 Å². The number of aliphatic hydroxyl groups excluding tert-OH is 1. The first-order valence-electron chi connectivity index (χ1n) is 8.52. The first-order chi connectivity index (χ1) is 12.6. The quantitative estimate of drug-likeness (QED) is 0.639. The lowest BCUT2D eigenvalue weighted by Crippen LogP contribution is -2.47. The molecule has 0 aromatic carbocycles. The van der Waals surface area contributed by atoms with Gasteiger partial charge in [0.25, 0.3) is 5.91 Å². The van der Waals surface area contributed by atoms with Gasteiger partial charge < -0.3 is 15.7 Å². The predicted octanol–water partition coefficient (Wildman–Crippen LogP) is 2.51. The monoisotopic (exact) mass is 369 g/mol. The van der Waals surface area contributed by atoms with Gasteiger partial charge >= 0.3 is 0 Å². The van der Waals surface area contributed by atoms with Crippen LogP contribution in [0.2, 0.25) is 0 Å². The number of rotatable bonds is 5. The normalized spacial score (nSPS) is 20.4. The van der Waals surface area contributed by atoms with Crippen molar-refractivity contribution in [3.8, 4) is 0 Å². The van der Waals surface area contributed by atoms with E-state index in [4.69, 9.17) is 0 Å². The molecule has 1 saturated carbocycles. The van der Waals surface area contributed by atoms with Crippen molar-refractivity contribution in [2.24, 2.45) is 0 Å². The van der Waals surface area contributed by atoms with Gasteiger partial charge in [-0.15, -0.1) is 11.3 Å². The van der Waals surface area contributed by atoms with E-state index in [0.29, 0.717) is 24.5 Å². The number of hydrogen-bond donors (Lipinski definition) is 3. The summed E-state index contributed by atoms with van der Waals surface area (Å²) >= 11 is 1.44. The SMILES string of the molecule is C[C@H](Nc1nc(C(=O)N[C@H]2C[C@H](O)C2)c2sccc2n1)c1ccccn1. The molecule has 0 saturated heterocycles. The van der Waals surface area contributed by atoms with E-state index >= 15 is 0 Å². The largest absolute Gasteiger partial charge is 0.393 e. The van der Waals surface area contributed by atoms with Crippen molar-refractivity contribution in [1.29, 1.82) is 0 Å². The number of carbonyl (C=O) groups is 1. The molecule has 7 nitrogen and oxygen atoms in total. The van der Waals surface area contributed by atoms with Gasteiger partial charge in [0.15, 0.2) is 5.69 Å². The van der Waals surface area contributed by atoms with E-state index in [0.717, 1.165) is 15.9 Å². The number of thiophene rings is 1. The summed E-state index contributed by atoms with van der Waals surface area (Å²) in [6.07, 6.45) is 2.60. The molecule has 1 aliphatic rings. The molecule has 3 aromatic heterocycles. The van der Waals surface area contributed by atoms with Crippen LogP contribution in [0.4, 0.5) is 5.95 Å². The van der Waals surface area contributed by atoms with Gasteiger partial charge in [0.05, 0.1) is 28.1 Å². The number of pyridine rings is 1. The summed E-state index contributed by atoms with van der Waals surface area (Å²) < 4.78 is 0.762. The number of fused-ring (bicyclic) bond motifs is 1. The van der Waals surface area contributed by atoms with E-state index in [9.17, 15) is 9.90 Å². The van der Waals surface area contributed by atoms with E-state index in [1.54, 1.807) is 6.20 Å². The number of amides is 1. The number of aromatic nitrogens is 3. The highest BCUT2D eigenvalue weighted by molar-refractivity contribution is 7.17. The van der Waals surface area contributed by atoms with Crippen molar-refractivity contribution in [2.75, 3.05) is 5.32 Å². The lowest BCUT2D eigenvalue weighted by Gasteiger charge is -2.31. The third-order valence-corrected chi connectivity index (χ3v) is 5.35. The van der Waals surface area contributed by atoms with E-state index in [1.165, 1.54) is 11.3 Å². The molecule has 0 aliphatic heterocycles. The van der Waals surface area contributed by atoms with Gasteiger partial charge in [0.2, 0.25) is 5.95 Å². The van der Waals surface area contributed by atoms with Crippen LogP contribution in [0.3, 0.4) is 0 Å². The Morgan fingerprint density at radius 2 is 2.15 bits per heavy atom. The third kappa shape index (κ3) is 3.38. The third-order valence-electron chi connectivity index (χ3n) is 4.44. The molecule has 3 heterocycles. The van der Waals surface area contributed by atoms with Crippen molar-refractivity contribution in [3.05, 3.63) is 47.2 Å². The number of nitrogens with one attached hydrogen (secondary N) is 2. The molecule has 1 aliphatic carbocycles. The van der Waals surface area contributed by atoms with Gasteiger partial charge in [-0.1, -0.05) is 6.07 Å². The Kier molecular flexibility index (Phi) is 4.52. The number of anilines is 1. The van der Waals surface area contributed by atoms with Crippen LogP contribution in [0, 0.1) is 0 Å². The number of carbonyl (C=O) groups excluding carboxylic acids is 1. The van der Waals surface area contributed by atoms with Gasteiger partial charge in [-0.25, -0.2) is 9.97 Å². The lowest BCUT2D eigenvalue weighted by atomic mass is 9.89. The minimum absolute atomic E-state index is 0.00586. The van der Waals surface area contributed by atoms with E-state index < -0.39 is 0 Å². The first-order valence-corrected chi connectivity index (χ1v) is 9.40. The molecule has 1 atom stereocenters. The Labute approximate surface area is 154 Å². The molecule has 3 N–H and O–H groups in total. The van der Waals surface area contributed by atoms with Crippen LogP contribution in [-0.2, 0) is 0 Å². The smallest absolute Gasteiger partial charge is 0.271 e. The van der Waals surface area contributed by atoms with Crippen molar-refractivity contribution < 1.29 is 9.90 Å². The maximum Gasteiger partial charge on any atom is 0.271 e. The number of nitrogens with zero attached hydrogens (tertiary/aromatic N) is 3. The zero-order valence-corrected chi connectivity index (χ0v) is 15.0. The van der Waals surface area contributed by atoms with Crippen LogP contribution in [0.5, 0.6) is 0 Å². The van der Waals surface area contributed by atoms with E-state index in [-0.39, 0.29) is 24.1 Å². The van der Waals surface area contributed by atoms with Crippen LogP contribution >= 0.6 is 11.3 Å². The predicted molar refractivity (Wildman–Crippen MR) is 100 cm³/mol. The molecule has 134 valence electrons. The van der Waals surface area contributed by atoms with Crippen LogP contribution in [0.25, 0.3) is 10.2 Å². The Morgan fingerprint density at radius 1 is 1.31 bits per heavy atom. The average molecular weight is 369 g/mol.